The Labute approximate surface area is 244 Å². The summed E-state index contributed by atoms with van der Waals surface area (Å²) in [4.78, 5) is 58.6. The van der Waals surface area contributed by atoms with Gasteiger partial charge in [-0.3, -0.25) is 29.6 Å². The molecule has 0 bridgehead atoms. The molecule has 13 heteroatoms. The number of nitrogens with zero attached hydrogens (tertiary/aromatic N) is 2. The van der Waals surface area contributed by atoms with Crippen LogP contribution in [0.1, 0.15) is 39.0 Å². The van der Waals surface area contributed by atoms with Gasteiger partial charge in [0.05, 0.1) is 16.3 Å². The monoisotopic (exact) mass is 584 g/mol. The maximum absolute atomic E-state index is 12.9. The van der Waals surface area contributed by atoms with Gasteiger partial charge in [-0.2, -0.15) is 5.10 Å². The third-order valence-corrected chi connectivity index (χ3v) is 7.71. The van der Waals surface area contributed by atoms with Crippen LogP contribution < -0.4 is 21.7 Å². The molecule has 0 aliphatic carbocycles. The quantitative estimate of drug-likeness (QED) is 0.146. The summed E-state index contributed by atoms with van der Waals surface area (Å²) in [7, 11) is 0. The van der Waals surface area contributed by atoms with Crippen LogP contribution in [0.3, 0.4) is 0 Å². The molecule has 5 aromatic rings. The predicted octanol–water partition coefficient (Wildman–Crippen LogP) is 2.91. The molecule has 0 fully saturated rings. The lowest BCUT2D eigenvalue weighted by atomic mass is 10.0. The molecule has 0 saturated heterocycles. The first-order valence-electron chi connectivity index (χ1n) is 13.0. The van der Waals surface area contributed by atoms with E-state index in [1.807, 2.05) is 30.3 Å². The highest BCUT2D eigenvalue weighted by atomic mass is 32.1. The van der Waals surface area contributed by atoms with Crippen LogP contribution in [0.15, 0.2) is 66.9 Å². The molecule has 5 rings (SSSR count). The predicted molar refractivity (Wildman–Crippen MR) is 159 cm³/mol. The minimum atomic E-state index is -0.979. The van der Waals surface area contributed by atoms with Crippen LogP contribution in [0.2, 0.25) is 0 Å². The number of hydrogen-bond acceptors (Lipinski definition) is 7. The van der Waals surface area contributed by atoms with Crippen LogP contribution in [0, 0.1) is 6.92 Å². The van der Waals surface area contributed by atoms with Crippen LogP contribution in [-0.2, 0) is 16.0 Å². The molecule has 3 aromatic heterocycles. The van der Waals surface area contributed by atoms with Gasteiger partial charge in [-0.25, -0.2) is 4.98 Å². The highest BCUT2D eigenvalue weighted by Crippen LogP contribution is 2.32. The Morgan fingerprint density at radius 2 is 1.74 bits per heavy atom. The number of thiazole rings is 1. The van der Waals surface area contributed by atoms with E-state index in [0.717, 1.165) is 16.5 Å². The van der Waals surface area contributed by atoms with E-state index in [4.69, 9.17) is 5.73 Å². The summed E-state index contributed by atoms with van der Waals surface area (Å²) in [5, 5.41) is 16.2. The van der Waals surface area contributed by atoms with Crippen molar-refractivity contribution in [2.45, 2.75) is 32.4 Å². The van der Waals surface area contributed by atoms with Crippen LogP contribution in [0.25, 0.3) is 21.5 Å². The Morgan fingerprint density at radius 3 is 2.50 bits per heavy atom. The van der Waals surface area contributed by atoms with E-state index in [0.29, 0.717) is 27.0 Å². The highest BCUT2D eigenvalue weighted by molar-refractivity contribution is 7.19. The van der Waals surface area contributed by atoms with Gasteiger partial charge >= 0.3 is 0 Å². The molecule has 42 heavy (non-hydrogen) atoms. The first-order chi connectivity index (χ1) is 20.2. The lowest BCUT2D eigenvalue weighted by Crippen LogP contribution is -2.52. The van der Waals surface area contributed by atoms with Crippen LogP contribution in [-0.4, -0.2) is 55.9 Å². The molecule has 0 aliphatic rings. The number of primary amides is 1. The van der Waals surface area contributed by atoms with Crippen molar-refractivity contribution in [2.24, 2.45) is 5.73 Å². The first-order valence-corrected chi connectivity index (χ1v) is 13.9. The molecule has 2 aromatic carbocycles. The van der Waals surface area contributed by atoms with Crippen molar-refractivity contribution in [3.05, 3.63) is 89.4 Å². The zero-order valence-electron chi connectivity index (χ0n) is 22.7. The largest absolute Gasteiger partial charge is 0.368 e. The van der Waals surface area contributed by atoms with Crippen LogP contribution in [0.5, 0.6) is 0 Å². The number of para-hydroxylation sites is 1. The van der Waals surface area contributed by atoms with Crippen LogP contribution >= 0.6 is 11.3 Å². The average molecular weight is 585 g/mol. The number of nitrogens with one attached hydrogen (secondary N) is 5. The summed E-state index contributed by atoms with van der Waals surface area (Å²) in [6.45, 7) is 3.28. The number of rotatable bonds is 10. The summed E-state index contributed by atoms with van der Waals surface area (Å²) in [5.41, 5.74) is 9.03. The van der Waals surface area contributed by atoms with E-state index in [-0.39, 0.29) is 18.0 Å². The Kier molecular flexibility index (Phi) is 8.11. The van der Waals surface area contributed by atoms with Crippen LogP contribution in [0.4, 0.5) is 5.13 Å². The number of H-pyrrole nitrogens is 2. The molecule has 7 N–H and O–H groups in total. The molecule has 0 saturated carbocycles. The Hall–Kier alpha value is -5.30. The molecular weight excluding hydrogens is 556 g/mol. The molecule has 12 nitrogen and oxygen atoms in total. The van der Waals surface area contributed by atoms with Gasteiger partial charge < -0.3 is 21.4 Å². The van der Waals surface area contributed by atoms with Crippen molar-refractivity contribution in [3.8, 4) is 10.6 Å². The number of carbonyl (C=O) groups is 4. The van der Waals surface area contributed by atoms with E-state index in [1.54, 1.807) is 37.4 Å². The van der Waals surface area contributed by atoms with E-state index in [9.17, 15) is 19.2 Å². The maximum Gasteiger partial charge on any atom is 0.272 e. The van der Waals surface area contributed by atoms with Crippen molar-refractivity contribution in [1.29, 1.82) is 0 Å². The fourth-order valence-corrected chi connectivity index (χ4v) is 5.32. The SMILES string of the molecule is Cc1nc(NC(=O)c2ccccc2)sc1-c1cc(C(=O)N[C@@H](C)C(=O)N[C@@H](Cc2c[nH]c3ccccc23)C(N)=O)n[nH]1. The van der Waals surface area contributed by atoms with Gasteiger partial charge in [0.2, 0.25) is 11.8 Å². The number of fused-ring (bicyclic) bond motifs is 1. The zero-order chi connectivity index (χ0) is 29.8. The Balaban J connectivity index is 1.20. The molecule has 2 atom stereocenters. The molecule has 3 heterocycles. The van der Waals surface area contributed by atoms with Gasteiger partial charge in [-0.15, -0.1) is 0 Å². The maximum atomic E-state index is 12.9. The van der Waals surface area contributed by atoms with Gasteiger partial charge in [0.25, 0.3) is 11.8 Å². The molecule has 214 valence electrons. The Bertz CT molecular complexity index is 1770. The standard InChI is InChI=1S/C29H28N8O4S/c1-15-24(42-29(33-15)35-27(40)17-8-4-3-5-9-17)21-13-23(37-36-21)28(41)32-16(2)26(39)34-22(25(30)38)12-18-14-31-20-11-7-6-10-19(18)20/h3-11,13-14,16,22,31H,12H2,1-2H3,(H2,30,38)(H,32,41)(H,34,39)(H,36,37)(H,33,35,40)/t16-,22-/m0/s1. The number of hydrogen-bond donors (Lipinski definition) is 6. The van der Waals surface area contributed by atoms with E-state index < -0.39 is 29.8 Å². The second-order valence-electron chi connectivity index (χ2n) is 9.64. The van der Waals surface area contributed by atoms with E-state index in [2.05, 4.69) is 36.1 Å². The highest BCUT2D eigenvalue weighted by Gasteiger charge is 2.25. The molecule has 0 radical (unpaired) electrons. The van der Waals surface area contributed by atoms with Crippen molar-refractivity contribution in [3.63, 3.8) is 0 Å². The normalized spacial score (nSPS) is 12.4. The van der Waals surface area contributed by atoms with Gasteiger partial charge in [0.15, 0.2) is 10.8 Å². The number of carbonyl (C=O) groups excluding carboxylic acids is 4. The van der Waals surface area contributed by atoms with Gasteiger partial charge in [0, 0.05) is 29.1 Å². The molecule has 0 unspecified atom stereocenters. The minimum Gasteiger partial charge on any atom is -0.368 e. The second kappa shape index (κ2) is 12.1. The number of aryl methyl sites for hydroxylation is 1. The fraction of sp³-hybridized carbons (Fsp3) is 0.172. The third-order valence-electron chi connectivity index (χ3n) is 6.61. The summed E-state index contributed by atoms with van der Waals surface area (Å²) in [5.74, 6) is -2.14. The molecular formula is C29H28N8O4S. The van der Waals surface area contributed by atoms with E-state index >= 15 is 0 Å². The van der Waals surface area contributed by atoms with Crippen molar-refractivity contribution < 1.29 is 19.2 Å². The fourth-order valence-electron chi connectivity index (χ4n) is 4.39. The molecule has 0 aliphatic heterocycles. The molecule has 0 spiro atoms. The number of benzene rings is 2. The zero-order valence-corrected chi connectivity index (χ0v) is 23.5. The van der Waals surface area contributed by atoms with E-state index in [1.165, 1.54) is 24.3 Å². The third kappa shape index (κ3) is 6.20. The summed E-state index contributed by atoms with van der Waals surface area (Å²) in [6.07, 6.45) is 1.97. The molecule has 4 amide bonds. The number of anilines is 1. The lowest BCUT2D eigenvalue weighted by Gasteiger charge is -2.19. The number of aromatic nitrogens is 4. The van der Waals surface area contributed by atoms with Gasteiger partial charge in [-0.1, -0.05) is 47.7 Å². The topological polar surface area (TPSA) is 188 Å². The number of aromatic amines is 2. The lowest BCUT2D eigenvalue weighted by molar-refractivity contribution is -0.128. The summed E-state index contributed by atoms with van der Waals surface area (Å²) < 4.78 is 0. The minimum absolute atomic E-state index is 0.0533. The van der Waals surface area contributed by atoms with Crippen molar-refractivity contribution in [2.75, 3.05) is 5.32 Å². The van der Waals surface area contributed by atoms with Gasteiger partial charge in [-0.05, 0) is 43.7 Å². The average Bonchev–Trinajstić information content (AvgIpc) is 3.72. The van der Waals surface area contributed by atoms with Gasteiger partial charge in [0.1, 0.15) is 12.1 Å². The second-order valence-corrected chi connectivity index (χ2v) is 10.6. The summed E-state index contributed by atoms with van der Waals surface area (Å²) in [6, 6.07) is 16.0. The number of nitrogens with two attached hydrogens (primary N) is 1. The summed E-state index contributed by atoms with van der Waals surface area (Å²) >= 11 is 1.23. The van der Waals surface area contributed by atoms with Crippen molar-refractivity contribution in [1.82, 2.24) is 30.8 Å². The first kappa shape index (κ1) is 28.2. The number of amides is 4. The Morgan fingerprint density at radius 1 is 1.00 bits per heavy atom. The van der Waals surface area contributed by atoms with Crippen molar-refractivity contribution >= 4 is 51.0 Å². The smallest absolute Gasteiger partial charge is 0.272 e.